The Hall–Kier alpha value is -2.08. The monoisotopic (exact) mass is 332 g/mol. The van der Waals surface area contributed by atoms with Gasteiger partial charge >= 0.3 is 0 Å². The maximum atomic E-state index is 5.21. The van der Waals surface area contributed by atoms with Crippen molar-refractivity contribution in [1.29, 1.82) is 0 Å². The molecule has 0 saturated heterocycles. The molecular weight excluding hydrogens is 320 g/mol. The van der Waals surface area contributed by atoms with Gasteiger partial charge in [0.2, 0.25) is 0 Å². The first-order chi connectivity index (χ1) is 9.76. The first-order valence-corrected chi connectivity index (χ1v) is 6.91. The fourth-order valence-corrected chi connectivity index (χ4v) is 2.28. The summed E-state index contributed by atoms with van der Waals surface area (Å²) in [6.07, 6.45) is 5.49. The number of anilines is 1. The lowest BCUT2D eigenvalue weighted by Gasteiger charge is -2.08. The van der Waals surface area contributed by atoms with Crippen molar-refractivity contribution in [2.75, 3.05) is 12.4 Å². The van der Waals surface area contributed by atoms with E-state index in [2.05, 4.69) is 31.2 Å². The molecule has 0 amide bonds. The molecule has 0 aliphatic carbocycles. The molecule has 20 heavy (non-hydrogen) atoms. The van der Waals surface area contributed by atoms with Crippen molar-refractivity contribution >= 4 is 27.3 Å². The summed E-state index contributed by atoms with van der Waals surface area (Å²) in [6.45, 7) is 0.671. The van der Waals surface area contributed by atoms with E-state index in [-0.39, 0.29) is 0 Å². The van der Waals surface area contributed by atoms with Crippen LogP contribution in [-0.4, -0.2) is 21.5 Å². The van der Waals surface area contributed by atoms with Crippen molar-refractivity contribution in [3.63, 3.8) is 0 Å². The van der Waals surface area contributed by atoms with Crippen molar-refractivity contribution in [3.8, 4) is 5.75 Å². The lowest BCUT2D eigenvalue weighted by Crippen LogP contribution is -2.03. The van der Waals surface area contributed by atoms with E-state index in [4.69, 9.17) is 4.74 Å². The molecule has 0 atom stereocenters. The van der Waals surface area contributed by atoms with Crippen LogP contribution in [0.4, 0.5) is 5.69 Å². The van der Waals surface area contributed by atoms with E-state index in [9.17, 15) is 0 Å². The topological polar surface area (TPSA) is 51.5 Å². The van der Waals surface area contributed by atoms with Gasteiger partial charge in [0.25, 0.3) is 0 Å². The summed E-state index contributed by atoms with van der Waals surface area (Å²) < 4.78 is 7.99. The second-order valence-corrected chi connectivity index (χ2v) is 5.09. The number of aromatic nitrogens is 3. The lowest BCUT2D eigenvalue weighted by molar-refractivity contribution is 0.415. The third-order valence-corrected chi connectivity index (χ3v) is 3.39. The van der Waals surface area contributed by atoms with E-state index >= 15 is 0 Å². The van der Waals surface area contributed by atoms with Gasteiger partial charge in [-0.15, -0.1) is 0 Å². The molecule has 3 aromatic rings. The first kappa shape index (κ1) is 12.9. The van der Waals surface area contributed by atoms with Crippen LogP contribution in [0.3, 0.4) is 0 Å². The van der Waals surface area contributed by atoms with Crippen molar-refractivity contribution < 1.29 is 4.74 Å². The van der Waals surface area contributed by atoms with Crippen molar-refractivity contribution in [2.24, 2.45) is 0 Å². The van der Waals surface area contributed by atoms with Gasteiger partial charge in [0.1, 0.15) is 10.4 Å². The average molecular weight is 333 g/mol. The molecule has 0 spiro atoms. The highest BCUT2D eigenvalue weighted by molar-refractivity contribution is 9.10. The van der Waals surface area contributed by atoms with Crippen LogP contribution in [0.5, 0.6) is 5.75 Å². The molecule has 0 aliphatic heterocycles. The number of benzene rings is 1. The highest BCUT2D eigenvalue weighted by Gasteiger charge is 2.04. The highest BCUT2D eigenvalue weighted by atomic mass is 79.9. The van der Waals surface area contributed by atoms with Crippen LogP contribution in [-0.2, 0) is 6.54 Å². The molecule has 2 aromatic heterocycles. The Labute approximate surface area is 124 Å². The Morgan fingerprint density at radius 1 is 1.30 bits per heavy atom. The zero-order chi connectivity index (χ0) is 13.9. The average Bonchev–Trinajstić information content (AvgIpc) is 2.87. The number of hydrogen-bond acceptors (Lipinski definition) is 4. The molecule has 102 valence electrons. The summed E-state index contributed by atoms with van der Waals surface area (Å²) in [5.41, 5.74) is 2.90. The van der Waals surface area contributed by atoms with Gasteiger partial charge in [-0.1, -0.05) is 6.07 Å². The summed E-state index contributed by atoms with van der Waals surface area (Å²) in [4.78, 5) is 8.48. The SMILES string of the molecule is COc1cccc(NCc2cnc3cnc(Br)cn23)c1. The van der Waals surface area contributed by atoms with E-state index in [1.165, 1.54) is 0 Å². The second kappa shape index (κ2) is 5.50. The van der Waals surface area contributed by atoms with Crippen LogP contribution in [0.15, 0.2) is 47.5 Å². The number of hydrogen-bond donors (Lipinski definition) is 1. The van der Waals surface area contributed by atoms with Crippen LogP contribution in [0.1, 0.15) is 5.69 Å². The third kappa shape index (κ3) is 2.60. The number of fused-ring (bicyclic) bond motifs is 1. The normalized spacial score (nSPS) is 10.7. The summed E-state index contributed by atoms with van der Waals surface area (Å²) in [6, 6.07) is 7.84. The van der Waals surface area contributed by atoms with Gasteiger partial charge in [-0.05, 0) is 28.1 Å². The Bertz CT molecular complexity index is 741. The van der Waals surface area contributed by atoms with Crippen LogP contribution in [0.2, 0.25) is 0 Å². The third-order valence-electron chi connectivity index (χ3n) is 2.98. The smallest absolute Gasteiger partial charge is 0.155 e. The molecule has 0 saturated carbocycles. The number of nitrogens with one attached hydrogen (secondary N) is 1. The minimum atomic E-state index is 0.671. The fourth-order valence-electron chi connectivity index (χ4n) is 1.97. The molecule has 1 N–H and O–H groups in total. The van der Waals surface area contributed by atoms with Crippen LogP contribution < -0.4 is 10.1 Å². The molecule has 6 heteroatoms. The number of imidazole rings is 1. The molecule has 5 nitrogen and oxygen atoms in total. The predicted molar refractivity (Wildman–Crippen MR) is 81.0 cm³/mol. The molecule has 0 aliphatic rings. The van der Waals surface area contributed by atoms with Gasteiger partial charge in [-0.25, -0.2) is 9.97 Å². The predicted octanol–water partition coefficient (Wildman–Crippen LogP) is 3.11. The molecule has 0 fully saturated rings. The van der Waals surface area contributed by atoms with Crippen LogP contribution in [0, 0.1) is 0 Å². The molecule has 0 bridgehead atoms. The number of rotatable bonds is 4. The fraction of sp³-hybridized carbons (Fsp3) is 0.143. The van der Waals surface area contributed by atoms with Crippen molar-refractivity contribution in [2.45, 2.75) is 6.54 Å². The summed E-state index contributed by atoms with van der Waals surface area (Å²) in [5, 5.41) is 3.36. The van der Waals surface area contributed by atoms with Crippen LogP contribution >= 0.6 is 15.9 Å². The number of methoxy groups -OCH3 is 1. The van der Waals surface area contributed by atoms with E-state index in [1.54, 1.807) is 13.3 Å². The highest BCUT2D eigenvalue weighted by Crippen LogP contribution is 2.18. The lowest BCUT2D eigenvalue weighted by atomic mass is 10.3. The Morgan fingerprint density at radius 2 is 2.20 bits per heavy atom. The quantitative estimate of drug-likeness (QED) is 0.797. The van der Waals surface area contributed by atoms with Gasteiger partial charge in [0.15, 0.2) is 5.65 Å². The standard InChI is InChI=1S/C14H13BrN4O/c1-20-12-4-2-3-10(5-12)16-6-11-7-18-14-8-17-13(15)9-19(11)14/h2-5,7-9,16H,6H2,1H3. The summed E-state index contributed by atoms with van der Waals surface area (Å²) in [5.74, 6) is 0.833. The van der Waals surface area contributed by atoms with E-state index in [0.29, 0.717) is 6.54 Å². The van der Waals surface area contributed by atoms with Crippen molar-refractivity contribution in [1.82, 2.24) is 14.4 Å². The Balaban J connectivity index is 1.81. The molecule has 0 unspecified atom stereocenters. The maximum Gasteiger partial charge on any atom is 0.155 e. The molecule has 1 aromatic carbocycles. The Kier molecular flexibility index (Phi) is 3.56. The number of halogens is 1. The van der Waals surface area contributed by atoms with Crippen molar-refractivity contribution in [3.05, 3.63) is 53.2 Å². The molecule has 2 heterocycles. The molecule has 3 rings (SSSR count). The minimum absolute atomic E-state index is 0.671. The zero-order valence-corrected chi connectivity index (χ0v) is 12.5. The number of nitrogens with zero attached hydrogens (tertiary/aromatic N) is 3. The van der Waals surface area contributed by atoms with Gasteiger partial charge < -0.3 is 10.1 Å². The van der Waals surface area contributed by atoms with Gasteiger partial charge in [0, 0.05) is 18.0 Å². The van der Waals surface area contributed by atoms with E-state index in [0.717, 1.165) is 27.4 Å². The van der Waals surface area contributed by atoms with E-state index < -0.39 is 0 Å². The van der Waals surface area contributed by atoms with Gasteiger partial charge in [0.05, 0.1) is 31.7 Å². The maximum absolute atomic E-state index is 5.21. The molecule has 0 radical (unpaired) electrons. The number of ether oxygens (including phenoxy) is 1. The summed E-state index contributed by atoms with van der Waals surface area (Å²) >= 11 is 3.37. The first-order valence-electron chi connectivity index (χ1n) is 6.11. The largest absolute Gasteiger partial charge is 0.497 e. The van der Waals surface area contributed by atoms with Crippen LogP contribution in [0.25, 0.3) is 5.65 Å². The van der Waals surface area contributed by atoms with Gasteiger partial charge in [-0.3, -0.25) is 4.40 Å². The Morgan fingerprint density at radius 3 is 3.05 bits per heavy atom. The zero-order valence-electron chi connectivity index (χ0n) is 10.9. The van der Waals surface area contributed by atoms with E-state index in [1.807, 2.05) is 41.1 Å². The minimum Gasteiger partial charge on any atom is -0.497 e. The molecular formula is C14H13BrN4O. The second-order valence-electron chi connectivity index (χ2n) is 4.27. The van der Waals surface area contributed by atoms with Gasteiger partial charge in [-0.2, -0.15) is 0 Å². The summed E-state index contributed by atoms with van der Waals surface area (Å²) in [7, 11) is 1.66.